The van der Waals surface area contributed by atoms with Gasteiger partial charge in [0, 0.05) is 4.47 Å². The molecule has 78 valence electrons. The SMILES string of the molecule is Cc1cc(S(=O)(=O)C(I)I)ccc1Br. The second-order valence-corrected chi connectivity index (χ2v) is 12.2. The van der Waals surface area contributed by atoms with Crippen LogP contribution in [-0.2, 0) is 9.84 Å². The minimum atomic E-state index is -3.16. The van der Waals surface area contributed by atoms with Crippen LogP contribution in [0.5, 0.6) is 0 Å². The van der Waals surface area contributed by atoms with Crippen molar-refractivity contribution in [3.63, 3.8) is 0 Å². The van der Waals surface area contributed by atoms with E-state index in [1.54, 1.807) is 18.2 Å². The molecule has 0 fully saturated rings. The van der Waals surface area contributed by atoms with E-state index in [2.05, 4.69) is 15.9 Å². The van der Waals surface area contributed by atoms with Gasteiger partial charge < -0.3 is 0 Å². The Bertz CT molecular complexity index is 443. The molecule has 0 saturated heterocycles. The first-order valence-electron chi connectivity index (χ1n) is 3.64. The lowest BCUT2D eigenvalue weighted by atomic mass is 10.2. The van der Waals surface area contributed by atoms with E-state index in [0.717, 1.165) is 10.0 Å². The van der Waals surface area contributed by atoms with Gasteiger partial charge in [0.15, 0.2) is 11.1 Å². The van der Waals surface area contributed by atoms with E-state index < -0.39 is 11.1 Å². The Balaban J connectivity index is 3.29. The molecule has 0 aliphatic heterocycles. The molecular weight excluding hydrogens is 494 g/mol. The Morgan fingerprint density at radius 2 is 1.93 bits per heavy atom. The largest absolute Gasteiger partial charge is 0.222 e. The average Bonchev–Trinajstić information content (AvgIpc) is 2.09. The number of hydrogen-bond acceptors (Lipinski definition) is 2. The van der Waals surface area contributed by atoms with E-state index in [9.17, 15) is 8.42 Å². The normalized spacial score (nSPS) is 12.1. The van der Waals surface area contributed by atoms with Crippen LogP contribution in [-0.4, -0.2) is 9.68 Å². The van der Waals surface area contributed by atoms with Gasteiger partial charge in [-0.2, -0.15) is 0 Å². The maximum absolute atomic E-state index is 11.8. The van der Waals surface area contributed by atoms with Crippen LogP contribution in [0.2, 0.25) is 0 Å². The van der Waals surface area contributed by atoms with Crippen LogP contribution in [0.4, 0.5) is 0 Å². The van der Waals surface area contributed by atoms with Crippen molar-refractivity contribution in [1.29, 1.82) is 0 Å². The molecule has 0 atom stereocenters. The molecule has 0 aromatic heterocycles. The number of alkyl halides is 2. The maximum Gasteiger partial charge on any atom is 0.199 e. The number of hydrogen-bond donors (Lipinski definition) is 0. The first-order chi connectivity index (χ1) is 6.35. The van der Waals surface area contributed by atoms with Crippen LogP contribution in [0, 0.1) is 6.92 Å². The fourth-order valence-corrected chi connectivity index (χ4v) is 3.71. The molecule has 6 heteroatoms. The lowest BCUT2D eigenvalue weighted by Gasteiger charge is -2.06. The van der Waals surface area contributed by atoms with Gasteiger partial charge in [0.25, 0.3) is 0 Å². The Morgan fingerprint density at radius 1 is 1.36 bits per heavy atom. The van der Waals surface area contributed by atoms with Crippen LogP contribution < -0.4 is 0 Å². The second-order valence-electron chi connectivity index (χ2n) is 2.72. The van der Waals surface area contributed by atoms with Crippen LogP contribution in [0.1, 0.15) is 5.56 Å². The van der Waals surface area contributed by atoms with Gasteiger partial charge in [-0.15, -0.1) is 0 Å². The molecule has 0 N–H and O–H groups in total. The Kier molecular flexibility index (Phi) is 4.67. The van der Waals surface area contributed by atoms with Crippen molar-refractivity contribution >= 4 is 70.9 Å². The summed E-state index contributed by atoms with van der Waals surface area (Å²) in [6, 6.07) is 5.07. The third kappa shape index (κ3) is 2.82. The summed E-state index contributed by atoms with van der Waals surface area (Å²) < 4.78 is 24.0. The highest BCUT2D eigenvalue weighted by atomic mass is 127. The smallest absolute Gasteiger partial charge is 0.199 e. The topological polar surface area (TPSA) is 34.1 Å². The van der Waals surface area contributed by atoms with E-state index in [4.69, 9.17) is 0 Å². The van der Waals surface area contributed by atoms with Gasteiger partial charge in [-0.25, -0.2) is 8.42 Å². The highest BCUT2D eigenvalue weighted by Crippen LogP contribution is 2.28. The molecule has 0 amide bonds. The van der Waals surface area contributed by atoms with Crippen molar-refractivity contribution in [1.82, 2.24) is 0 Å². The summed E-state index contributed by atoms with van der Waals surface area (Å²) >= 11 is 7.13. The summed E-state index contributed by atoms with van der Waals surface area (Å²) in [5.41, 5.74) is 0.930. The number of rotatable bonds is 2. The maximum atomic E-state index is 11.8. The molecule has 0 aliphatic rings. The summed E-state index contributed by atoms with van der Waals surface area (Å²) in [4.78, 5) is 0.381. The Hall–Kier alpha value is 1.11. The predicted molar refractivity (Wildman–Crippen MR) is 77.9 cm³/mol. The zero-order chi connectivity index (χ0) is 10.9. The molecule has 1 aromatic carbocycles. The first-order valence-corrected chi connectivity index (χ1v) is 8.47. The molecule has 0 saturated carbocycles. The van der Waals surface area contributed by atoms with Crippen LogP contribution in [0.3, 0.4) is 0 Å². The van der Waals surface area contributed by atoms with Gasteiger partial charge in [-0.1, -0.05) is 61.1 Å². The lowest BCUT2D eigenvalue weighted by molar-refractivity contribution is 0.600. The standard InChI is InChI=1S/C8H7BrI2O2S/c1-5-4-6(2-3-7(5)9)14(12,13)8(10)11/h2-4,8H,1H3. The summed E-state index contributed by atoms with van der Waals surface area (Å²) in [6.45, 7) is 1.87. The molecule has 0 aliphatic carbocycles. The fourth-order valence-electron chi connectivity index (χ4n) is 0.897. The van der Waals surface area contributed by atoms with Crippen LogP contribution >= 0.6 is 61.1 Å². The van der Waals surface area contributed by atoms with Gasteiger partial charge in [0.1, 0.15) is 0 Å². The highest BCUT2D eigenvalue weighted by molar-refractivity contribution is 14.2. The van der Waals surface area contributed by atoms with Gasteiger partial charge >= 0.3 is 0 Å². The lowest BCUT2D eigenvalue weighted by Crippen LogP contribution is -2.08. The van der Waals surface area contributed by atoms with E-state index in [1.807, 2.05) is 52.1 Å². The summed E-state index contributed by atoms with van der Waals surface area (Å²) in [6.07, 6.45) is 0. The third-order valence-electron chi connectivity index (χ3n) is 1.69. The molecule has 0 heterocycles. The molecule has 0 bridgehead atoms. The molecule has 0 radical (unpaired) electrons. The summed E-state index contributed by atoms with van der Waals surface area (Å²) in [5.74, 6) is 0. The van der Waals surface area contributed by atoms with E-state index in [-0.39, 0.29) is 0 Å². The van der Waals surface area contributed by atoms with Crippen molar-refractivity contribution in [2.24, 2.45) is 0 Å². The number of benzene rings is 1. The molecule has 14 heavy (non-hydrogen) atoms. The fraction of sp³-hybridized carbons (Fsp3) is 0.250. The summed E-state index contributed by atoms with van der Waals surface area (Å²) in [7, 11) is -3.16. The molecule has 0 spiro atoms. The minimum Gasteiger partial charge on any atom is -0.222 e. The Labute approximate surface area is 119 Å². The number of halogens is 3. The van der Waals surface area contributed by atoms with Gasteiger partial charge in [0.05, 0.1) is 4.90 Å². The van der Waals surface area contributed by atoms with Crippen molar-refractivity contribution in [2.75, 3.05) is 0 Å². The highest BCUT2D eigenvalue weighted by Gasteiger charge is 2.22. The molecular formula is C8H7BrI2O2S. The van der Waals surface area contributed by atoms with Gasteiger partial charge in [-0.05, 0) is 30.7 Å². The average molecular weight is 501 g/mol. The van der Waals surface area contributed by atoms with Crippen molar-refractivity contribution in [3.8, 4) is 0 Å². The first kappa shape index (κ1) is 13.2. The predicted octanol–water partition coefficient (Wildman–Crippen LogP) is 3.68. The van der Waals surface area contributed by atoms with E-state index in [1.165, 1.54) is 0 Å². The van der Waals surface area contributed by atoms with Gasteiger partial charge in [-0.3, -0.25) is 0 Å². The second kappa shape index (κ2) is 4.96. The Morgan fingerprint density at radius 3 is 2.36 bits per heavy atom. The monoisotopic (exact) mass is 500 g/mol. The molecule has 2 nitrogen and oxygen atoms in total. The summed E-state index contributed by atoms with van der Waals surface area (Å²) in [5, 5.41) is 0. The van der Waals surface area contributed by atoms with Crippen LogP contribution in [0.25, 0.3) is 0 Å². The number of sulfone groups is 1. The zero-order valence-corrected chi connectivity index (χ0v) is 13.9. The molecule has 0 unspecified atom stereocenters. The molecule has 1 aromatic rings. The third-order valence-corrected chi connectivity index (χ3v) is 7.98. The van der Waals surface area contributed by atoms with Crippen molar-refractivity contribution < 1.29 is 8.42 Å². The van der Waals surface area contributed by atoms with E-state index in [0.29, 0.717) is 4.90 Å². The van der Waals surface area contributed by atoms with E-state index >= 15 is 0 Å². The number of aryl methyl sites for hydroxylation is 1. The molecule has 1 rings (SSSR count). The minimum absolute atomic E-state index is 0.381. The van der Waals surface area contributed by atoms with Crippen molar-refractivity contribution in [3.05, 3.63) is 28.2 Å². The zero-order valence-electron chi connectivity index (χ0n) is 7.17. The quantitative estimate of drug-likeness (QED) is 0.458. The van der Waals surface area contributed by atoms with Gasteiger partial charge in [0.2, 0.25) is 0 Å². The van der Waals surface area contributed by atoms with Crippen molar-refractivity contribution in [2.45, 2.75) is 13.1 Å². The van der Waals surface area contributed by atoms with Crippen LogP contribution in [0.15, 0.2) is 27.6 Å².